The van der Waals surface area contributed by atoms with Gasteiger partial charge < -0.3 is 14.6 Å². The van der Waals surface area contributed by atoms with E-state index in [0.717, 1.165) is 22.6 Å². The number of rotatable bonds is 4. The molecule has 0 aliphatic carbocycles. The van der Waals surface area contributed by atoms with Gasteiger partial charge in [-0.2, -0.15) is 0 Å². The number of para-hydroxylation sites is 1. The van der Waals surface area contributed by atoms with Crippen molar-refractivity contribution in [1.82, 2.24) is 4.57 Å². The summed E-state index contributed by atoms with van der Waals surface area (Å²) >= 11 is 0. The molecule has 0 bridgehead atoms. The van der Waals surface area contributed by atoms with Gasteiger partial charge in [0.15, 0.2) is 0 Å². The summed E-state index contributed by atoms with van der Waals surface area (Å²) in [5, 5.41) is 2.93. The minimum atomic E-state index is -0.453. The number of ether oxygens (including phenoxy) is 1. The van der Waals surface area contributed by atoms with Crippen LogP contribution >= 0.6 is 0 Å². The number of carbonyl (C=O) groups excluding carboxylic acids is 2. The van der Waals surface area contributed by atoms with Crippen LogP contribution in [0.25, 0.3) is 5.69 Å². The smallest absolute Gasteiger partial charge is 0.413 e. The molecule has 0 saturated carbocycles. The van der Waals surface area contributed by atoms with E-state index in [0.29, 0.717) is 16.9 Å². The fourth-order valence-electron chi connectivity index (χ4n) is 3.39. The van der Waals surface area contributed by atoms with Crippen LogP contribution in [0.5, 0.6) is 0 Å². The molecule has 150 valence electrons. The van der Waals surface area contributed by atoms with Gasteiger partial charge in [-0.05, 0) is 62.7 Å². The van der Waals surface area contributed by atoms with Gasteiger partial charge in [0, 0.05) is 35.5 Å². The van der Waals surface area contributed by atoms with E-state index < -0.39 is 6.09 Å². The van der Waals surface area contributed by atoms with Crippen LogP contribution in [-0.2, 0) is 4.74 Å². The van der Waals surface area contributed by atoms with Crippen LogP contribution in [-0.4, -0.2) is 30.7 Å². The number of hydrogen-bond donors (Lipinski definition) is 1. The van der Waals surface area contributed by atoms with Crippen LogP contribution in [0, 0.1) is 20.8 Å². The number of anilines is 2. The third kappa shape index (κ3) is 4.01. The standard InChI is InChI=1S/C23H25N3O3/c1-15-8-6-7-9-21(15)26-16(2)14-20(17(26)3)22(27)24-18-10-12-19(13-11-18)25(4)23(28)29-5/h6-14H,1-5H3,(H,24,27). The third-order valence-corrected chi connectivity index (χ3v) is 4.99. The highest BCUT2D eigenvalue weighted by Gasteiger charge is 2.18. The zero-order chi connectivity index (χ0) is 21.1. The van der Waals surface area contributed by atoms with Crippen molar-refractivity contribution in [1.29, 1.82) is 0 Å². The first kappa shape index (κ1) is 20.2. The molecule has 1 N–H and O–H groups in total. The van der Waals surface area contributed by atoms with Gasteiger partial charge in [-0.3, -0.25) is 9.69 Å². The maximum atomic E-state index is 12.9. The van der Waals surface area contributed by atoms with Crippen LogP contribution in [0.15, 0.2) is 54.6 Å². The van der Waals surface area contributed by atoms with Crippen molar-refractivity contribution in [2.75, 3.05) is 24.4 Å². The molecule has 0 aliphatic rings. The highest BCUT2D eigenvalue weighted by Crippen LogP contribution is 2.24. The van der Waals surface area contributed by atoms with E-state index in [1.54, 1.807) is 31.3 Å². The zero-order valence-corrected chi connectivity index (χ0v) is 17.3. The van der Waals surface area contributed by atoms with Gasteiger partial charge in [-0.25, -0.2) is 4.79 Å². The van der Waals surface area contributed by atoms with Crippen molar-refractivity contribution < 1.29 is 14.3 Å². The lowest BCUT2D eigenvalue weighted by Gasteiger charge is -2.16. The van der Waals surface area contributed by atoms with Gasteiger partial charge >= 0.3 is 6.09 Å². The highest BCUT2D eigenvalue weighted by molar-refractivity contribution is 6.05. The van der Waals surface area contributed by atoms with Crippen molar-refractivity contribution in [3.05, 3.63) is 77.1 Å². The molecular weight excluding hydrogens is 366 g/mol. The van der Waals surface area contributed by atoms with Gasteiger partial charge in [-0.1, -0.05) is 18.2 Å². The monoisotopic (exact) mass is 391 g/mol. The molecular formula is C23H25N3O3. The van der Waals surface area contributed by atoms with Crippen LogP contribution in [0.3, 0.4) is 0 Å². The summed E-state index contributed by atoms with van der Waals surface area (Å²) in [6.07, 6.45) is -0.453. The molecule has 0 radical (unpaired) electrons. The van der Waals surface area contributed by atoms with E-state index in [-0.39, 0.29) is 5.91 Å². The average molecular weight is 391 g/mol. The summed E-state index contributed by atoms with van der Waals surface area (Å²) < 4.78 is 6.80. The van der Waals surface area contributed by atoms with Crippen molar-refractivity contribution in [3.63, 3.8) is 0 Å². The van der Waals surface area contributed by atoms with Gasteiger partial charge in [0.2, 0.25) is 0 Å². The predicted molar refractivity (Wildman–Crippen MR) is 115 cm³/mol. The SMILES string of the molecule is COC(=O)N(C)c1ccc(NC(=O)c2cc(C)n(-c3ccccc3C)c2C)cc1. The van der Waals surface area contributed by atoms with Crippen LogP contribution in [0.4, 0.5) is 16.2 Å². The van der Waals surface area contributed by atoms with Crippen molar-refractivity contribution in [3.8, 4) is 5.69 Å². The summed E-state index contributed by atoms with van der Waals surface area (Å²) in [5.41, 5.74) is 6.04. The molecule has 2 amide bonds. The molecule has 0 aliphatic heterocycles. The van der Waals surface area contributed by atoms with E-state index >= 15 is 0 Å². The molecule has 1 aromatic heterocycles. The number of nitrogens with zero attached hydrogens (tertiary/aromatic N) is 2. The average Bonchev–Trinajstić information content (AvgIpc) is 3.02. The third-order valence-electron chi connectivity index (χ3n) is 4.99. The summed E-state index contributed by atoms with van der Waals surface area (Å²) in [7, 11) is 2.96. The van der Waals surface area contributed by atoms with Crippen molar-refractivity contribution >= 4 is 23.4 Å². The van der Waals surface area contributed by atoms with E-state index in [4.69, 9.17) is 4.74 Å². The second-order valence-electron chi connectivity index (χ2n) is 6.94. The first-order valence-electron chi connectivity index (χ1n) is 9.31. The van der Waals surface area contributed by atoms with Crippen LogP contribution in [0.2, 0.25) is 0 Å². The second-order valence-corrected chi connectivity index (χ2v) is 6.94. The molecule has 0 atom stereocenters. The van der Waals surface area contributed by atoms with Gasteiger partial charge in [0.05, 0.1) is 12.7 Å². The predicted octanol–water partition coefficient (Wildman–Crippen LogP) is 4.86. The number of aryl methyl sites for hydroxylation is 2. The quantitative estimate of drug-likeness (QED) is 0.691. The first-order chi connectivity index (χ1) is 13.8. The Kier molecular flexibility index (Phi) is 5.73. The normalized spacial score (nSPS) is 10.5. The van der Waals surface area contributed by atoms with Crippen molar-refractivity contribution in [2.45, 2.75) is 20.8 Å². The maximum absolute atomic E-state index is 12.9. The molecule has 1 heterocycles. The number of methoxy groups -OCH3 is 1. The molecule has 0 unspecified atom stereocenters. The molecule has 3 rings (SSSR count). The fourth-order valence-corrected chi connectivity index (χ4v) is 3.39. The van der Waals surface area contributed by atoms with E-state index in [1.165, 1.54) is 12.0 Å². The highest BCUT2D eigenvalue weighted by atomic mass is 16.5. The number of amides is 2. The zero-order valence-electron chi connectivity index (χ0n) is 17.3. The Labute approximate surface area is 170 Å². The summed E-state index contributed by atoms with van der Waals surface area (Å²) in [6.45, 7) is 6.00. The Hall–Kier alpha value is -3.54. The summed E-state index contributed by atoms with van der Waals surface area (Å²) in [6, 6.07) is 17.0. The number of carbonyl (C=O) groups is 2. The molecule has 6 nitrogen and oxygen atoms in total. The van der Waals surface area contributed by atoms with E-state index in [9.17, 15) is 9.59 Å². The Morgan fingerprint density at radius 1 is 1.00 bits per heavy atom. The van der Waals surface area contributed by atoms with E-state index in [1.807, 2.05) is 38.1 Å². The number of hydrogen-bond acceptors (Lipinski definition) is 3. The lowest BCUT2D eigenvalue weighted by Crippen LogP contribution is -2.25. The van der Waals surface area contributed by atoms with Gasteiger partial charge in [0.25, 0.3) is 5.91 Å². The molecule has 0 fully saturated rings. The van der Waals surface area contributed by atoms with Gasteiger partial charge in [-0.15, -0.1) is 0 Å². The second kappa shape index (κ2) is 8.22. The molecule has 0 saturated heterocycles. The Bertz CT molecular complexity index is 1050. The first-order valence-corrected chi connectivity index (χ1v) is 9.31. The molecule has 0 spiro atoms. The molecule has 3 aromatic rings. The topological polar surface area (TPSA) is 63.6 Å². The largest absolute Gasteiger partial charge is 0.452 e. The minimum absolute atomic E-state index is 0.174. The Balaban J connectivity index is 1.83. The molecule has 6 heteroatoms. The number of nitrogens with one attached hydrogen (secondary N) is 1. The number of aromatic nitrogens is 1. The fraction of sp³-hybridized carbons (Fsp3) is 0.217. The van der Waals surface area contributed by atoms with Crippen LogP contribution in [0.1, 0.15) is 27.3 Å². The number of benzene rings is 2. The Morgan fingerprint density at radius 2 is 1.66 bits per heavy atom. The summed E-state index contributed by atoms with van der Waals surface area (Å²) in [4.78, 5) is 25.9. The molecule has 29 heavy (non-hydrogen) atoms. The lowest BCUT2D eigenvalue weighted by molar-refractivity contribution is 0.102. The lowest BCUT2D eigenvalue weighted by atomic mass is 10.2. The van der Waals surface area contributed by atoms with Gasteiger partial charge in [0.1, 0.15) is 0 Å². The van der Waals surface area contributed by atoms with Crippen molar-refractivity contribution in [2.24, 2.45) is 0 Å². The van der Waals surface area contributed by atoms with E-state index in [2.05, 4.69) is 22.9 Å². The Morgan fingerprint density at radius 3 is 2.28 bits per heavy atom. The minimum Gasteiger partial charge on any atom is -0.452 e. The maximum Gasteiger partial charge on any atom is 0.413 e. The summed E-state index contributed by atoms with van der Waals surface area (Å²) in [5.74, 6) is -0.174. The molecule has 2 aromatic carbocycles. The van der Waals surface area contributed by atoms with Crippen LogP contribution < -0.4 is 10.2 Å².